The molecule has 0 spiro atoms. The summed E-state index contributed by atoms with van der Waals surface area (Å²) in [5.41, 5.74) is 0.0650. The topological polar surface area (TPSA) is 94.8 Å². The molecule has 0 saturated heterocycles. The SMILES string of the molecule is Cc1[nH]c(=O)[nH]c(=O)c1CCC(=O)NC[C@@H]1C[C@H]1C. The van der Waals surface area contributed by atoms with E-state index in [1.165, 1.54) is 6.42 Å². The van der Waals surface area contributed by atoms with E-state index >= 15 is 0 Å². The maximum absolute atomic E-state index is 11.6. The lowest BCUT2D eigenvalue weighted by atomic mass is 10.1. The van der Waals surface area contributed by atoms with Crippen molar-refractivity contribution in [1.82, 2.24) is 15.3 Å². The summed E-state index contributed by atoms with van der Waals surface area (Å²) in [7, 11) is 0. The number of hydrogen-bond acceptors (Lipinski definition) is 3. The standard InChI is InChI=1S/C13H19N3O3/c1-7-5-9(7)6-14-11(17)4-3-10-8(2)15-13(19)16-12(10)18/h7,9H,3-6H2,1-2H3,(H,14,17)(H2,15,16,18,19)/t7-,9+/m1/s1. The number of aromatic nitrogens is 2. The fraction of sp³-hybridized carbons (Fsp3) is 0.615. The maximum atomic E-state index is 11.6. The van der Waals surface area contributed by atoms with E-state index in [2.05, 4.69) is 22.2 Å². The van der Waals surface area contributed by atoms with Gasteiger partial charge in [-0.2, -0.15) is 0 Å². The van der Waals surface area contributed by atoms with Crippen molar-refractivity contribution in [2.45, 2.75) is 33.1 Å². The highest BCUT2D eigenvalue weighted by molar-refractivity contribution is 5.76. The van der Waals surface area contributed by atoms with Gasteiger partial charge in [-0.15, -0.1) is 0 Å². The van der Waals surface area contributed by atoms with Crippen LogP contribution >= 0.6 is 0 Å². The highest BCUT2D eigenvalue weighted by atomic mass is 16.2. The van der Waals surface area contributed by atoms with Crippen LogP contribution < -0.4 is 16.6 Å². The van der Waals surface area contributed by atoms with Gasteiger partial charge in [0.1, 0.15) is 0 Å². The van der Waals surface area contributed by atoms with Gasteiger partial charge in [-0.25, -0.2) is 4.79 Å². The number of amides is 1. The van der Waals surface area contributed by atoms with E-state index in [9.17, 15) is 14.4 Å². The first-order chi connectivity index (χ1) is 8.97. The first-order valence-corrected chi connectivity index (χ1v) is 6.56. The van der Waals surface area contributed by atoms with Gasteiger partial charge in [-0.3, -0.25) is 14.6 Å². The maximum Gasteiger partial charge on any atom is 0.325 e. The van der Waals surface area contributed by atoms with Crippen molar-refractivity contribution >= 4 is 5.91 Å². The quantitative estimate of drug-likeness (QED) is 0.703. The normalized spacial score (nSPS) is 21.2. The van der Waals surface area contributed by atoms with Crippen molar-refractivity contribution in [3.05, 3.63) is 32.1 Å². The van der Waals surface area contributed by atoms with E-state index in [1.54, 1.807) is 6.92 Å². The van der Waals surface area contributed by atoms with Crippen LogP contribution in [0.4, 0.5) is 0 Å². The summed E-state index contributed by atoms with van der Waals surface area (Å²) in [6.07, 6.45) is 1.78. The number of rotatable bonds is 5. The van der Waals surface area contributed by atoms with Crippen LogP contribution in [0.1, 0.15) is 31.0 Å². The van der Waals surface area contributed by atoms with Gasteiger partial charge in [-0.1, -0.05) is 6.92 Å². The summed E-state index contributed by atoms with van der Waals surface area (Å²) in [5, 5.41) is 2.87. The molecule has 0 aliphatic heterocycles. The van der Waals surface area contributed by atoms with Gasteiger partial charge in [0, 0.05) is 24.2 Å². The van der Waals surface area contributed by atoms with Crippen LogP contribution in [0.3, 0.4) is 0 Å². The van der Waals surface area contributed by atoms with Crippen molar-refractivity contribution in [3.8, 4) is 0 Å². The van der Waals surface area contributed by atoms with Crippen molar-refractivity contribution in [2.24, 2.45) is 11.8 Å². The van der Waals surface area contributed by atoms with E-state index < -0.39 is 11.2 Å². The lowest BCUT2D eigenvalue weighted by Crippen LogP contribution is -2.30. The predicted molar refractivity (Wildman–Crippen MR) is 71.0 cm³/mol. The molecule has 3 N–H and O–H groups in total. The van der Waals surface area contributed by atoms with Crippen LogP contribution in [0.2, 0.25) is 0 Å². The minimum absolute atomic E-state index is 0.0518. The Bertz CT molecular complexity index is 588. The molecule has 6 heteroatoms. The highest BCUT2D eigenvalue weighted by Gasteiger charge is 2.32. The summed E-state index contributed by atoms with van der Waals surface area (Å²) in [5.74, 6) is 1.27. The average molecular weight is 265 g/mol. The van der Waals surface area contributed by atoms with E-state index in [-0.39, 0.29) is 12.3 Å². The first-order valence-electron chi connectivity index (χ1n) is 6.56. The molecule has 0 radical (unpaired) electrons. The van der Waals surface area contributed by atoms with Crippen LogP contribution in [0, 0.1) is 18.8 Å². The summed E-state index contributed by atoms with van der Waals surface area (Å²) < 4.78 is 0. The van der Waals surface area contributed by atoms with Crippen LogP contribution in [0.5, 0.6) is 0 Å². The predicted octanol–water partition coefficient (Wildman–Crippen LogP) is 0.0764. The number of aromatic amines is 2. The van der Waals surface area contributed by atoms with E-state index in [1.807, 2.05) is 0 Å². The van der Waals surface area contributed by atoms with Crippen molar-refractivity contribution in [2.75, 3.05) is 6.54 Å². The third-order valence-electron chi connectivity index (χ3n) is 3.69. The lowest BCUT2D eigenvalue weighted by molar-refractivity contribution is -0.121. The molecule has 104 valence electrons. The molecule has 1 aromatic heterocycles. The molecule has 1 aliphatic rings. The summed E-state index contributed by atoms with van der Waals surface area (Å²) in [6.45, 7) is 4.55. The molecule has 19 heavy (non-hydrogen) atoms. The third-order valence-corrected chi connectivity index (χ3v) is 3.69. The molecule has 0 bridgehead atoms. The smallest absolute Gasteiger partial charge is 0.325 e. The van der Waals surface area contributed by atoms with Crippen LogP contribution in [-0.4, -0.2) is 22.4 Å². The van der Waals surface area contributed by atoms with Gasteiger partial charge in [0.15, 0.2) is 0 Å². The number of aryl methyl sites for hydroxylation is 1. The van der Waals surface area contributed by atoms with Gasteiger partial charge in [0.05, 0.1) is 0 Å². The molecule has 2 rings (SSSR count). The van der Waals surface area contributed by atoms with Gasteiger partial charge in [0.2, 0.25) is 5.91 Å². The molecular formula is C13H19N3O3. The summed E-state index contributed by atoms with van der Waals surface area (Å²) >= 11 is 0. The average Bonchev–Trinajstić information content (AvgIpc) is 3.01. The Morgan fingerprint density at radius 2 is 2.05 bits per heavy atom. The number of nitrogens with one attached hydrogen (secondary N) is 3. The van der Waals surface area contributed by atoms with E-state index in [0.29, 0.717) is 29.5 Å². The fourth-order valence-electron chi connectivity index (χ4n) is 2.18. The molecule has 2 atom stereocenters. The Kier molecular flexibility index (Phi) is 3.87. The van der Waals surface area contributed by atoms with Crippen molar-refractivity contribution < 1.29 is 4.79 Å². The number of H-pyrrole nitrogens is 2. The van der Waals surface area contributed by atoms with Crippen LogP contribution in [-0.2, 0) is 11.2 Å². The molecular weight excluding hydrogens is 246 g/mol. The van der Waals surface area contributed by atoms with Gasteiger partial charge < -0.3 is 10.3 Å². The fourth-order valence-corrected chi connectivity index (χ4v) is 2.18. The molecule has 0 aromatic carbocycles. The second-order valence-electron chi connectivity index (χ2n) is 5.29. The minimum atomic E-state index is -0.515. The number of hydrogen-bond donors (Lipinski definition) is 3. The Morgan fingerprint density at radius 1 is 1.37 bits per heavy atom. The first kappa shape index (κ1) is 13.6. The molecule has 6 nitrogen and oxygen atoms in total. The summed E-state index contributed by atoms with van der Waals surface area (Å²) in [6, 6.07) is 0. The zero-order chi connectivity index (χ0) is 14.0. The monoisotopic (exact) mass is 265 g/mol. The molecule has 1 fully saturated rings. The summed E-state index contributed by atoms with van der Waals surface area (Å²) in [4.78, 5) is 39.0. The van der Waals surface area contributed by atoms with E-state index in [0.717, 1.165) is 6.54 Å². The largest absolute Gasteiger partial charge is 0.356 e. The molecule has 0 unspecified atom stereocenters. The molecule has 1 amide bonds. The van der Waals surface area contributed by atoms with Gasteiger partial charge in [0.25, 0.3) is 5.56 Å². The number of carbonyl (C=O) groups is 1. The molecule has 1 saturated carbocycles. The van der Waals surface area contributed by atoms with Crippen molar-refractivity contribution in [1.29, 1.82) is 0 Å². The molecule has 1 aromatic rings. The Labute approximate surface area is 110 Å². The second kappa shape index (κ2) is 5.42. The number of carbonyl (C=O) groups excluding carboxylic acids is 1. The van der Waals surface area contributed by atoms with Crippen LogP contribution in [0.15, 0.2) is 9.59 Å². The van der Waals surface area contributed by atoms with Crippen molar-refractivity contribution in [3.63, 3.8) is 0 Å². The third kappa shape index (κ3) is 3.56. The zero-order valence-corrected chi connectivity index (χ0v) is 11.2. The molecule has 1 heterocycles. The Hall–Kier alpha value is -1.85. The molecule has 1 aliphatic carbocycles. The zero-order valence-electron chi connectivity index (χ0n) is 11.2. The Morgan fingerprint density at radius 3 is 2.63 bits per heavy atom. The second-order valence-corrected chi connectivity index (χ2v) is 5.29. The Balaban J connectivity index is 1.86. The van der Waals surface area contributed by atoms with Crippen LogP contribution in [0.25, 0.3) is 0 Å². The highest BCUT2D eigenvalue weighted by Crippen LogP contribution is 2.36. The van der Waals surface area contributed by atoms with Gasteiger partial charge in [-0.05, 0) is 31.6 Å². The minimum Gasteiger partial charge on any atom is -0.356 e. The van der Waals surface area contributed by atoms with E-state index in [4.69, 9.17) is 0 Å². The lowest BCUT2D eigenvalue weighted by Gasteiger charge is -2.05. The van der Waals surface area contributed by atoms with Gasteiger partial charge >= 0.3 is 5.69 Å².